The SMILES string of the molecule is Cc1c(NC(=O)CCCCC(=O)O)cccc1C(N)=O. The number of aliphatic carboxylic acids is 1. The number of nitrogens with one attached hydrogen (secondary N) is 1. The van der Waals surface area contributed by atoms with E-state index in [0.29, 0.717) is 29.7 Å². The van der Waals surface area contributed by atoms with Crippen molar-refractivity contribution >= 4 is 23.5 Å². The molecule has 108 valence electrons. The number of benzene rings is 1. The first-order chi connectivity index (χ1) is 9.41. The Bertz CT molecular complexity index is 526. The van der Waals surface area contributed by atoms with Crippen molar-refractivity contribution in [2.24, 2.45) is 5.73 Å². The fraction of sp³-hybridized carbons (Fsp3) is 0.357. The first-order valence-corrected chi connectivity index (χ1v) is 6.33. The molecular formula is C14H18N2O4. The molecule has 1 aromatic carbocycles. The van der Waals surface area contributed by atoms with E-state index in [2.05, 4.69) is 5.32 Å². The molecule has 0 aromatic heterocycles. The van der Waals surface area contributed by atoms with Gasteiger partial charge in [0.2, 0.25) is 11.8 Å². The summed E-state index contributed by atoms with van der Waals surface area (Å²) in [5.74, 6) is -1.62. The molecule has 0 spiro atoms. The van der Waals surface area contributed by atoms with Crippen LogP contribution in [0.5, 0.6) is 0 Å². The lowest BCUT2D eigenvalue weighted by Crippen LogP contribution is -2.16. The van der Waals surface area contributed by atoms with Crippen LogP contribution in [0.2, 0.25) is 0 Å². The first-order valence-electron chi connectivity index (χ1n) is 6.33. The lowest BCUT2D eigenvalue weighted by Gasteiger charge is -2.10. The lowest BCUT2D eigenvalue weighted by molar-refractivity contribution is -0.137. The monoisotopic (exact) mass is 278 g/mol. The van der Waals surface area contributed by atoms with Gasteiger partial charge in [0.1, 0.15) is 0 Å². The third-order valence-electron chi connectivity index (χ3n) is 2.92. The first kappa shape index (κ1) is 15.7. The van der Waals surface area contributed by atoms with Crippen molar-refractivity contribution in [2.75, 3.05) is 5.32 Å². The van der Waals surface area contributed by atoms with Gasteiger partial charge < -0.3 is 16.2 Å². The predicted octanol–water partition coefficient (Wildman–Crippen LogP) is 1.68. The predicted molar refractivity (Wildman–Crippen MR) is 74.4 cm³/mol. The van der Waals surface area contributed by atoms with Crippen LogP contribution in [0.3, 0.4) is 0 Å². The van der Waals surface area contributed by atoms with Crippen molar-refractivity contribution in [2.45, 2.75) is 32.6 Å². The van der Waals surface area contributed by atoms with Gasteiger partial charge in [-0.25, -0.2) is 0 Å². The van der Waals surface area contributed by atoms with Gasteiger partial charge in [-0.05, 0) is 37.5 Å². The molecule has 0 fully saturated rings. The zero-order chi connectivity index (χ0) is 15.1. The number of carboxylic acid groups (broad SMARTS) is 1. The van der Waals surface area contributed by atoms with Crippen LogP contribution in [-0.4, -0.2) is 22.9 Å². The minimum atomic E-state index is -0.865. The van der Waals surface area contributed by atoms with E-state index < -0.39 is 11.9 Å². The van der Waals surface area contributed by atoms with Crippen molar-refractivity contribution in [3.8, 4) is 0 Å². The molecule has 1 rings (SSSR count). The molecule has 0 bridgehead atoms. The topological polar surface area (TPSA) is 109 Å². The standard InChI is InChI=1S/C14H18N2O4/c1-9-10(14(15)20)5-4-6-11(9)16-12(17)7-2-3-8-13(18)19/h4-6H,2-3,7-8H2,1H3,(H2,15,20)(H,16,17)(H,18,19). The maximum atomic E-state index is 11.7. The van der Waals surface area contributed by atoms with E-state index in [1.54, 1.807) is 25.1 Å². The van der Waals surface area contributed by atoms with Crippen molar-refractivity contribution in [1.82, 2.24) is 0 Å². The summed E-state index contributed by atoms with van der Waals surface area (Å²) in [6.45, 7) is 1.71. The molecule has 0 aliphatic carbocycles. The molecule has 1 aromatic rings. The Balaban J connectivity index is 2.56. The van der Waals surface area contributed by atoms with E-state index in [0.717, 1.165) is 0 Å². The van der Waals surface area contributed by atoms with Gasteiger partial charge in [0, 0.05) is 24.1 Å². The van der Waals surface area contributed by atoms with Crippen LogP contribution in [0.25, 0.3) is 0 Å². The number of hydrogen-bond donors (Lipinski definition) is 3. The van der Waals surface area contributed by atoms with Gasteiger partial charge in [0.15, 0.2) is 0 Å². The second kappa shape index (κ2) is 7.28. The summed E-state index contributed by atoms with van der Waals surface area (Å²) < 4.78 is 0. The van der Waals surface area contributed by atoms with Crippen LogP contribution in [0.4, 0.5) is 5.69 Å². The van der Waals surface area contributed by atoms with Crippen molar-refractivity contribution in [3.63, 3.8) is 0 Å². The number of primary amides is 1. The molecule has 6 nitrogen and oxygen atoms in total. The minimum Gasteiger partial charge on any atom is -0.481 e. The molecule has 4 N–H and O–H groups in total. The Labute approximate surface area is 117 Å². The number of carboxylic acids is 1. The highest BCUT2D eigenvalue weighted by atomic mass is 16.4. The fourth-order valence-corrected chi connectivity index (χ4v) is 1.81. The Kier molecular flexibility index (Phi) is 5.71. The second-order valence-electron chi connectivity index (χ2n) is 4.49. The third-order valence-corrected chi connectivity index (χ3v) is 2.92. The van der Waals surface area contributed by atoms with Crippen LogP contribution >= 0.6 is 0 Å². The number of carbonyl (C=O) groups is 3. The summed E-state index contributed by atoms with van der Waals surface area (Å²) in [7, 11) is 0. The number of carbonyl (C=O) groups excluding carboxylic acids is 2. The fourth-order valence-electron chi connectivity index (χ4n) is 1.81. The molecule has 2 amide bonds. The molecule has 20 heavy (non-hydrogen) atoms. The molecule has 0 unspecified atom stereocenters. The van der Waals surface area contributed by atoms with E-state index in [4.69, 9.17) is 10.8 Å². The van der Waals surface area contributed by atoms with E-state index in [9.17, 15) is 14.4 Å². The van der Waals surface area contributed by atoms with E-state index in [1.807, 2.05) is 0 Å². The molecular weight excluding hydrogens is 260 g/mol. The third kappa shape index (κ3) is 4.72. The van der Waals surface area contributed by atoms with Crippen LogP contribution < -0.4 is 11.1 Å². The van der Waals surface area contributed by atoms with Gasteiger partial charge in [-0.3, -0.25) is 14.4 Å². The van der Waals surface area contributed by atoms with E-state index in [1.165, 1.54) is 0 Å². The molecule has 0 heterocycles. The molecule has 0 atom stereocenters. The van der Waals surface area contributed by atoms with Gasteiger partial charge in [0.25, 0.3) is 0 Å². The zero-order valence-corrected chi connectivity index (χ0v) is 11.3. The van der Waals surface area contributed by atoms with Crippen LogP contribution in [0, 0.1) is 6.92 Å². The molecule has 0 saturated carbocycles. The van der Waals surface area contributed by atoms with Crippen LogP contribution in [0.1, 0.15) is 41.6 Å². The number of amides is 2. The highest BCUT2D eigenvalue weighted by molar-refractivity contribution is 5.98. The smallest absolute Gasteiger partial charge is 0.303 e. The minimum absolute atomic E-state index is 0.0590. The van der Waals surface area contributed by atoms with Crippen molar-refractivity contribution < 1.29 is 19.5 Å². The van der Waals surface area contributed by atoms with Crippen LogP contribution in [0.15, 0.2) is 18.2 Å². The Morgan fingerprint density at radius 2 is 1.85 bits per heavy atom. The molecule has 0 radical (unpaired) electrons. The largest absolute Gasteiger partial charge is 0.481 e. The quantitative estimate of drug-likeness (QED) is 0.659. The van der Waals surface area contributed by atoms with E-state index in [-0.39, 0.29) is 18.7 Å². The highest BCUT2D eigenvalue weighted by Crippen LogP contribution is 2.19. The molecule has 0 aliphatic rings. The maximum absolute atomic E-state index is 11.7. The average Bonchev–Trinajstić information content (AvgIpc) is 2.36. The molecule has 0 aliphatic heterocycles. The Morgan fingerprint density at radius 1 is 1.20 bits per heavy atom. The van der Waals surface area contributed by atoms with Crippen molar-refractivity contribution in [1.29, 1.82) is 0 Å². The highest BCUT2D eigenvalue weighted by Gasteiger charge is 2.10. The Morgan fingerprint density at radius 3 is 2.45 bits per heavy atom. The number of unbranched alkanes of at least 4 members (excludes halogenated alkanes) is 1. The van der Waals surface area contributed by atoms with E-state index >= 15 is 0 Å². The van der Waals surface area contributed by atoms with Gasteiger partial charge in [-0.2, -0.15) is 0 Å². The summed E-state index contributed by atoms with van der Waals surface area (Å²) in [5, 5.41) is 11.2. The maximum Gasteiger partial charge on any atom is 0.303 e. The lowest BCUT2D eigenvalue weighted by atomic mass is 10.1. The normalized spacial score (nSPS) is 10.1. The summed E-state index contributed by atoms with van der Waals surface area (Å²) >= 11 is 0. The van der Waals surface area contributed by atoms with Gasteiger partial charge in [0.05, 0.1) is 0 Å². The second-order valence-corrected chi connectivity index (χ2v) is 4.49. The summed E-state index contributed by atoms with van der Waals surface area (Å²) in [6.07, 6.45) is 1.27. The summed E-state index contributed by atoms with van der Waals surface area (Å²) in [5.41, 5.74) is 6.77. The number of nitrogens with two attached hydrogens (primary N) is 1. The number of anilines is 1. The van der Waals surface area contributed by atoms with Crippen molar-refractivity contribution in [3.05, 3.63) is 29.3 Å². The van der Waals surface area contributed by atoms with Gasteiger partial charge in [-0.1, -0.05) is 6.07 Å². The number of hydrogen-bond acceptors (Lipinski definition) is 3. The molecule has 6 heteroatoms. The zero-order valence-electron chi connectivity index (χ0n) is 11.3. The number of rotatable bonds is 7. The Hall–Kier alpha value is -2.37. The van der Waals surface area contributed by atoms with Crippen LogP contribution in [-0.2, 0) is 9.59 Å². The molecule has 0 saturated heterocycles. The average molecular weight is 278 g/mol. The van der Waals surface area contributed by atoms with Gasteiger partial charge >= 0.3 is 5.97 Å². The van der Waals surface area contributed by atoms with Gasteiger partial charge in [-0.15, -0.1) is 0 Å². The summed E-state index contributed by atoms with van der Waals surface area (Å²) in [4.78, 5) is 33.2. The summed E-state index contributed by atoms with van der Waals surface area (Å²) in [6, 6.07) is 4.93.